The van der Waals surface area contributed by atoms with Crippen molar-refractivity contribution in [1.29, 1.82) is 0 Å². The smallest absolute Gasteiger partial charge is 0.323 e. The number of aliphatic carboxylic acids is 1. The fourth-order valence-electron chi connectivity index (χ4n) is 1.45. The van der Waals surface area contributed by atoms with Crippen LogP contribution in [0.4, 0.5) is 10.5 Å². The Balaban J connectivity index is 2.82. The van der Waals surface area contributed by atoms with Crippen LogP contribution in [0.15, 0.2) is 24.3 Å². The summed E-state index contributed by atoms with van der Waals surface area (Å²) in [6, 6.07) is 4.78. The summed E-state index contributed by atoms with van der Waals surface area (Å²) in [4.78, 5) is 36.6. The Morgan fingerprint density at radius 2 is 1.71 bits per heavy atom. The number of nitrogens with zero attached hydrogens (tertiary/aromatic N) is 2. The SMILES string of the molecule is CN(C)C(=O)CNC(=O)N(CC(=O)O)c1ccc(O)cc1. The number of phenols is 1. The van der Waals surface area contributed by atoms with Gasteiger partial charge in [0.1, 0.15) is 12.3 Å². The van der Waals surface area contributed by atoms with Crippen molar-refractivity contribution in [3.05, 3.63) is 24.3 Å². The number of rotatable bonds is 5. The van der Waals surface area contributed by atoms with Crippen LogP contribution in [0.2, 0.25) is 0 Å². The Labute approximate surface area is 121 Å². The number of carboxylic acid groups (broad SMARTS) is 1. The number of phenolic OH excluding ortho intramolecular Hbond substituents is 1. The molecule has 1 aromatic rings. The fourth-order valence-corrected chi connectivity index (χ4v) is 1.45. The molecule has 0 radical (unpaired) electrons. The zero-order valence-electron chi connectivity index (χ0n) is 11.7. The Morgan fingerprint density at radius 3 is 2.19 bits per heavy atom. The molecule has 1 aromatic carbocycles. The highest BCUT2D eigenvalue weighted by molar-refractivity contribution is 5.97. The molecule has 0 atom stereocenters. The molecule has 0 spiro atoms. The highest BCUT2D eigenvalue weighted by Gasteiger charge is 2.19. The van der Waals surface area contributed by atoms with Crippen molar-refractivity contribution in [2.45, 2.75) is 0 Å². The van der Waals surface area contributed by atoms with Crippen LogP contribution in [0.1, 0.15) is 0 Å². The van der Waals surface area contributed by atoms with Gasteiger partial charge in [-0.05, 0) is 24.3 Å². The largest absolute Gasteiger partial charge is 0.508 e. The third-order valence-electron chi connectivity index (χ3n) is 2.59. The number of urea groups is 1. The van der Waals surface area contributed by atoms with Gasteiger partial charge in [0, 0.05) is 19.8 Å². The van der Waals surface area contributed by atoms with Crippen LogP contribution in [-0.2, 0) is 9.59 Å². The van der Waals surface area contributed by atoms with Crippen molar-refractivity contribution in [3.8, 4) is 5.75 Å². The molecule has 114 valence electrons. The molecule has 0 heterocycles. The summed E-state index contributed by atoms with van der Waals surface area (Å²) in [5, 5.41) is 20.4. The molecule has 0 unspecified atom stereocenters. The number of carbonyl (C=O) groups is 3. The van der Waals surface area contributed by atoms with E-state index >= 15 is 0 Å². The summed E-state index contributed by atoms with van der Waals surface area (Å²) in [6.07, 6.45) is 0. The van der Waals surface area contributed by atoms with Gasteiger partial charge in [0.05, 0.1) is 6.54 Å². The predicted molar refractivity (Wildman–Crippen MR) is 75.2 cm³/mol. The third-order valence-corrected chi connectivity index (χ3v) is 2.59. The van der Waals surface area contributed by atoms with Crippen LogP contribution in [-0.4, -0.2) is 60.2 Å². The average molecular weight is 295 g/mol. The molecule has 8 nitrogen and oxygen atoms in total. The molecule has 8 heteroatoms. The number of amides is 3. The van der Waals surface area contributed by atoms with Crippen molar-refractivity contribution in [1.82, 2.24) is 10.2 Å². The molecule has 1 rings (SSSR count). The van der Waals surface area contributed by atoms with Crippen molar-refractivity contribution >= 4 is 23.6 Å². The maximum Gasteiger partial charge on any atom is 0.323 e. The van der Waals surface area contributed by atoms with Gasteiger partial charge >= 0.3 is 12.0 Å². The summed E-state index contributed by atoms with van der Waals surface area (Å²) in [5.74, 6) is -1.52. The van der Waals surface area contributed by atoms with Crippen LogP contribution >= 0.6 is 0 Å². The molecule has 0 saturated carbocycles. The molecule has 0 aliphatic rings. The normalized spacial score (nSPS) is 9.81. The molecule has 3 N–H and O–H groups in total. The minimum Gasteiger partial charge on any atom is -0.508 e. The van der Waals surface area contributed by atoms with Gasteiger partial charge in [-0.2, -0.15) is 0 Å². The lowest BCUT2D eigenvalue weighted by Crippen LogP contribution is -2.46. The number of hydrogen-bond acceptors (Lipinski definition) is 4. The Bertz CT molecular complexity index is 527. The number of hydrogen-bond donors (Lipinski definition) is 3. The number of carbonyl (C=O) groups excluding carboxylic acids is 2. The van der Waals surface area contributed by atoms with Gasteiger partial charge in [0.2, 0.25) is 5.91 Å². The van der Waals surface area contributed by atoms with Gasteiger partial charge in [-0.1, -0.05) is 0 Å². The van der Waals surface area contributed by atoms with E-state index in [0.717, 1.165) is 4.90 Å². The first-order chi connectivity index (χ1) is 9.81. The zero-order valence-corrected chi connectivity index (χ0v) is 11.7. The topological polar surface area (TPSA) is 110 Å². The van der Waals surface area contributed by atoms with Gasteiger partial charge in [0.15, 0.2) is 0 Å². The lowest BCUT2D eigenvalue weighted by atomic mass is 10.2. The van der Waals surface area contributed by atoms with Crippen LogP contribution in [0, 0.1) is 0 Å². The third kappa shape index (κ3) is 5.01. The van der Waals surface area contributed by atoms with E-state index in [1.807, 2.05) is 0 Å². The van der Waals surface area contributed by atoms with Gasteiger partial charge in [0.25, 0.3) is 0 Å². The Kier molecular flexibility index (Phi) is 5.53. The van der Waals surface area contributed by atoms with Crippen molar-refractivity contribution in [2.75, 3.05) is 32.1 Å². The highest BCUT2D eigenvalue weighted by Crippen LogP contribution is 2.18. The van der Waals surface area contributed by atoms with Crippen molar-refractivity contribution in [2.24, 2.45) is 0 Å². The predicted octanol–water partition coefficient (Wildman–Crippen LogP) is 0.0810. The van der Waals surface area contributed by atoms with Crippen LogP contribution in [0.25, 0.3) is 0 Å². The number of carboxylic acids is 1. The van der Waals surface area contributed by atoms with E-state index in [0.29, 0.717) is 5.69 Å². The van der Waals surface area contributed by atoms with Gasteiger partial charge < -0.3 is 20.4 Å². The standard InChI is InChI=1S/C13H17N3O5/c1-15(2)11(18)7-14-13(21)16(8-12(19)20)9-3-5-10(17)6-4-9/h3-6,17H,7-8H2,1-2H3,(H,14,21)(H,19,20). The molecule has 3 amide bonds. The molecule has 0 aliphatic heterocycles. The minimum atomic E-state index is -1.20. The number of nitrogens with one attached hydrogen (secondary N) is 1. The Hall–Kier alpha value is -2.77. The maximum absolute atomic E-state index is 12.0. The number of aromatic hydroxyl groups is 1. The van der Waals surface area contributed by atoms with E-state index < -0.39 is 18.5 Å². The molecule has 0 saturated heterocycles. The summed E-state index contributed by atoms with van der Waals surface area (Å²) in [5.41, 5.74) is 0.296. The van der Waals surface area contributed by atoms with Gasteiger partial charge in [-0.15, -0.1) is 0 Å². The number of likely N-dealkylation sites (N-methyl/N-ethyl adjacent to an activating group) is 1. The summed E-state index contributed by atoms with van der Waals surface area (Å²) < 4.78 is 0. The lowest BCUT2D eigenvalue weighted by Gasteiger charge is -2.21. The first kappa shape index (κ1) is 16.3. The van der Waals surface area contributed by atoms with E-state index in [-0.39, 0.29) is 18.2 Å². The van der Waals surface area contributed by atoms with E-state index in [1.54, 1.807) is 14.1 Å². The summed E-state index contributed by atoms with van der Waals surface area (Å²) >= 11 is 0. The van der Waals surface area contributed by atoms with Gasteiger partial charge in [-0.25, -0.2) is 4.79 Å². The second-order valence-corrected chi connectivity index (χ2v) is 4.44. The van der Waals surface area contributed by atoms with Crippen molar-refractivity contribution in [3.63, 3.8) is 0 Å². The van der Waals surface area contributed by atoms with E-state index in [9.17, 15) is 19.5 Å². The zero-order chi connectivity index (χ0) is 16.0. The number of benzene rings is 1. The Morgan fingerprint density at radius 1 is 1.14 bits per heavy atom. The molecule has 21 heavy (non-hydrogen) atoms. The molecule has 0 fully saturated rings. The average Bonchev–Trinajstić information content (AvgIpc) is 2.42. The molecule has 0 aromatic heterocycles. The molecular weight excluding hydrogens is 278 g/mol. The lowest BCUT2D eigenvalue weighted by molar-refractivity contribution is -0.135. The maximum atomic E-state index is 12.0. The van der Waals surface area contributed by atoms with Crippen LogP contribution in [0.3, 0.4) is 0 Å². The van der Waals surface area contributed by atoms with Crippen LogP contribution < -0.4 is 10.2 Å². The second-order valence-electron chi connectivity index (χ2n) is 4.44. The molecule has 0 bridgehead atoms. The molecular formula is C13H17N3O5. The first-order valence-electron chi connectivity index (χ1n) is 6.07. The monoisotopic (exact) mass is 295 g/mol. The van der Waals surface area contributed by atoms with Crippen molar-refractivity contribution < 1.29 is 24.6 Å². The number of anilines is 1. The van der Waals surface area contributed by atoms with Crippen LogP contribution in [0.5, 0.6) is 5.75 Å². The van der Waals surface area contributed by atoms with E-state index in [1.165, 1.54) is 29.2 Å². The fraction of sp³-hybridized carbons (Fsp3) is 0.308. The quantitative estimate of drug-likeness (QED) is 0.712. The summed E-state index contributed by atoms with van der Waals surface area (Å²) in [6.45, 7) is -0.799. The molecule has 0 aliphatic carbocycles. The van der Waals surface area contributed by atoms with E-state index in [2.05, 4.69) is 5.32 Å². The van der Waals surface area contributed by atoms with E-state index in [4.69, 9.17) is 5.11 Å². The summed E-state index contributed by atoms with van der Waals surface area (Å²) in [7, 11) is 3.09. The highest BCUT2D eigenvalue weighted by atomic mass is 16.4. The first-order valence-corrected chi connectivity index (χ1v) is 6.07. The minimum absolute atomic E-state index is 0.00258. The second kappa shape index (κ2) is 7.13. The van der Waals surface area contributed by atoms with Gasteiger partial charge in [-0.3, -0.25) is 14.5 Å².